The third kappa shape index (κ3) is 3.10. The van der Waals surface area contributed by atoms with Gasteiger partial charge in [-0.05, 0) is 24.3 Å². The van der Waals surface area contributed by atoms with Crippen LogP contribution >= 0.6 is 0 Å². The van der Waals surface area contributed by atoms with Crippen molar-refractivity contribution in [3.05, 3.63) is 66.2 Å². The molecule has 0 bridgehead atoms. The lowest BCUT2D eigenvalue weighted by atomic mass is 10.2. The fraction of sp³-hybridized carbons (Fsp3) is 0. The molecule has 1 N–H and O–H groups in total. The molecule has 0 unspecified atom stereocenters. The van der Waals surface area contributed by atoms with Crippen LogP contribution in [0, 0.1) is 0 Å². The second-order valence-corrected chi connectivity index (χ2v) is 3.66. The Balaban J connectivity index is 2.33. The van der Waals surface area contributed by atoms with Gasteiger partial charge in [0, 0.05) is 5.56 Å². The number of hydroxylamine groups is 1. The minimum absolute atomic E-state index is 0.340. The molecule has 0 aliphatic rings. The third-order valence-electron chi connectivity index (χ3n) is 2.37. The minimum Gasteiger partial charge on any atom is -0.448 e. The number of carbonyl (C=O) groups excluding carboxylic acids is 1. The highest BCUT2D eigenvalue weighted by atomic mass is 16.8. The van der Waals surface area contributed by atoms with Crippen LogP contribution in [0.25, 0.3) is 0 Å². The Hall–Kier alpha value is -2.82. The summed E-state index contributed by atoms with van der Waals surface area (Å²) < 4.78 is 0. The van der Waals surface area contributed by atoms with Crippen molar-refractivity contribution in [2.45, 2.75) is 0 Å². The van der Waals surface area contributed by atoms with E-state index in [4.69, 9.17) is 5.11 Å². The number of hydrogen-bond acceptors (Lipinski definition) is 3. The van der Waals surface area contributed by atoms with Gasteiger partial charge in [-0.25, -0.2) is 4.79 Å². The Morgan fingerprint density at radius 3 is 1.95 bits per heavy atom. The maximum Gasteiger partial charge on any atom is 0.531 e. The van der Waals surface area contributed by atoms with Crippen molar-refractivity contribution in [2.24, 2.45) is 0 Å². The molecule has 0 aliphatic carbocycles. The first-order valence-electron chi connectivity index (χ1n) is 5.54. The fourth-order valence-corrected chi connectivity index (χ4v) is 1.55. The normalized spacial score (nSPS) is 9.68. The van der Waals surface area contributed by atoms with E-state index >= 15 is 0 Å². The van der Waals surface area contributed by atoms with Gasteiger partial charge in [-0.2, -0.15) is 0 Å². The van der Waals surface area contributed by atoms with E-state index in [0.717, 1.165) is 5.06 Å². The first kappa shape index (κ1) is 12.6. The average Bonchev–Trinajstić information content (AvgIpc) is 2.46. The van der Waals surface area contributed by atoms with Gasteiger partial charge in [-0.3, -0.25) is 9.63 Å². The molecular formula is C14H11NO4. The number of carbonyl (C=O) groups is 2. The average molecular weight is 257 g/mol. The zero-order valence-electron chi connectivity index (χ0n) is 9.89. The van der Waals surface area contributed by atoms with Crippen LogP contribution in [-0.4, -0.2) is 17.2 Å². The predicted molar refractivity (Wildman–Crippen MR) is 68.8 cm³/mol. The topological polar surface area (TPSA) is 66.8 Å². The summed E-state index contributed by atoms with van der Waals surface area (Å²) in [5, 5.41) is 9.47. The molecule has 0 saturated heterocycles. The second kappa shape index (κ2) is 5.68. The zero-order chi connectivity index (χ0) is 13.7. The summed E-state index contributed by atoms with van der Waals surface area (Å²) in [6, 6.07) is 16.6. The number of anilines is 1. The summed E-state index contributed by atoms with van der Waals surface area (Å²) in [7, 11) is 0. The van der Waals surface area contributed by atoms with Gasteiger partial charge >= 0.3 is 6.16 Å². The van der Waals surface area contributed by atoms with Crippen LogP contribution in [0.1, 0.15) is 10.4 Å². The first-order valence-corrected chi connectivity index (χ1v) is 5.54. The highest BCUT2D eigenvalue weighted by Gasteiger charge is 2.21. The van der Waals surface area contributed by atoms with Crippen molar-refractivity contribution in [2.75, 3.05) is 5.06 Å². The lowest BCUT2D eigenvalue weighted by Crippen LogP contribution is -2.33. The molecule has 96 valence electrons. The summed E-state index contributed by atoms with van der Waals surface area (Å²) in [5.41, 5.74) is 0.686. The standard InChI is InChI=1S/C14H11NO4/c16-13(11-7-3-1-4-8-11)15(19-14(17)18)12-9-5-2-6-10-12/h1-10H,(H,17,18). The Kier molecular flexibility index (Phi) is 3.78. The van der Waals surface area contributed by atoms with Gasteiger partial charge in [-0.15, -0.1) is 5.06 Å². The van der Waals surface area contributed by atoms with E-state index in [9.17, 15) is 9.59 Å². The van der Waals surface area contributed by atoms with E-state index in [0.29, 0.717) is 11.3 Å². The quantitative estimate of drug-likeness (QED) is 0.840. The van der Waals surface area contributed by atoms with Gasteiger partial charge in [0.05, 0.1) is 5.69 Å². The molecule has 0 radical (unpaired) electrons. The SMILES string of the molecule is O=C(O)ON(C(=O)c1ccccc1)c1ccccc1. The largest absolute Gasteiger partial charge is 0.531 e. The maximum absolute atomic E-state index is 12.2. The van der Waals surface area contributed by atoms with E-state index in [-0.39, 0.29) is 0 Å². The van der Waals surface area contributed by atoms with Crippen molar-refractivity contribution >= 4 is 17.7 Å². The minimum atomic E-state index is -1.55. The number of amides is 1. The predicted octanol–water partition coefficient (Wildman–Crippen LogP) is 2.94. The molecule has 2 rings (SSSR count). The molecule has 0 fully saturated rings. The molecule has 0 atom stereocenters. The van der Waals surface area contributed by atoms with Gasteiger partial charge < -0.3 is 5.11 Å². The Morgan fingerprint density at radius 1 is 0.895 bits per heavy atom. The molecular weight excluding hydrogens is 246 g/mol. The fourth-order valence-electron chi connectivity index (χ4n) is 1.55. The molecule has 1 amide bonds. The summed E-state index contributed by atoms with van der Waals surface area (Å²) in [4.78, 5) is 27.5. The van der Waals surface area contributed by atoms with Crippen LogP contribution in [0.2, 0.25) is 0 Å². The summed E-state index contributed by atoms with van der Waals surface area (Å²) in [6.45, 7) is 0. The van der Waals surface area contributed by atoms with Crippen LogP contribution in [0.15, 0.2) is 60.7 Å². The molecule has 2 aromatic rings. The maximum atomic E-state index is 12.2. The van der Waals surface area contributed by atoms with E-state index in [1.54, 1.807) is 60.7 Å². The number of para-hydroxylation sites is 1. The van der Waals surface area contributed by atoms with Crippen LogP contribution in [0.3, 0.4) is 0 Å². The van der Waals surface area contributed by atoms with E-state index in [1.807, 2.05) is 0 Å². The molecule has 5 heteroatoms. The number of benzene rings is 2. The van der Waals surface area contributed by atoms with Gasteiger partial charge in [-0.1, -0.05) is 36.4 Å². The van der Waals surface area contributed by atoms with Crippen molar-refractivity contribution < 1.29 is 19.5 Å². The van der Waals surface area contributed by atoms with Gasteiger partial charge in [0.25, 0.3) is 5.91 Å². The number of nitrogens with zero attached hydrogens (tertiary/aromatic N) is 1. The van der Waals surface area contributed by atoms with Crippen LogP contribution in [0.4, 0.5) is 10.5 Å². The molecule has 5 nitrogen and oxygen atoms in total. The highest BCUT2D eigenvalue weighted by Crippen LogP contribution is 2.17. The van der Waals surface area contributed by atoms with Crippen LogP contribution < -0.4 is 5.06 Å². The van der Waals surface area contributed by atoms with Crippen molar-refractivity contribution in [1.82, 2.24) is 0 Å². The highest BCUT2D eigenvalue weighted by molar-refractivity contribution is 6.05. The van der Waals surface area contributed by atoms with E-state index < -0.39 is 12.1 Å². The number of hydrogen-bond donors (Lipinski definition) is 1. The van der Waals surface area contributed by atoms with E-state index in [2.05, 4.69) is 4.84 Å². The number of rotatable bonds is 2. The molecule has 0 heterocycles. The number of carboxylic acid groups (broad SMARTS) is 1. The Labute approximate surface area is 109 Å². The summed E-state index contributed by atoms with van der Waals surface area (Å²) in [5.74, 6) is -0.547. The van der Waals surface area contributed by atoms with Crippen molar-refractivity contribution in [3.8, 4) is 0 Å². The molecule has 0 spiro atoms. The third-order valence-corrected chi connectivity index (χ3v) is 2.37. The van der Waals surface area contributed by atoms with Gasteiger partial charge in [0.1, 0.15) is 0 Å². The van der Waals surface area contributed by atoms with Gasteiger partial charge in [0.15, 0.2) is 0 Å². The first-order chi connectivity index (χ1) is 9.18. The smallest absolute Gasteiger partial charge is 0.448 e. The molecule has 19 heavy (non-hydrogen) atoms. The summed E-state index contributed by atoms with van der Waals surface area (Å²) in [6.07, 6.45) is -1.55. The van der Waals surface area contributed by atoms with E-state index in [1.165, 1.54) is 0 Å². The molecule has 2 aromatic carbocycles. The monoisotopic (exact) mass is 257 g/mol. The lowest BCUT2D eigenvalue weighted by molar-refractivity contribution is 0.0606. The van der Waals surface area contributed by atoms with Crippen LogP contribution in [-0.2, 0) is 4.84 Å². The Morgan fingerprint density at radius 2 is 1.42 bits per heavy atom. The lowest BCUT2D eigenvalue weighted by Gasteiger charge is -2.19. The zero-order valence-corrected chi connectivity index (χ0v) is 9.89. The molecule has 0 aliphatic heterocycles. The second-order valence-electron chi connectivity index (χ2n) is 3.66. The van der Waals surface area contributed by atoms with Crippen molar-refractivity contribution in [1.29, 1.82) is 0 Å². The molecule has 0 aromatic heterocycles. The van der Waals surface area contributed by atoms with Crippen LogP contribution in [0.5, 0.6) is 0 Å². The van der Waals surface area contributed by atoms with Crippen molar-refractivity contribution in [3.63, 3.8) is 0 Å². The Bertz CT molecular complexity index is 569. The van der Waals surface area contributed by atoms with Gasteiger partial charge in [0.2, 0.25) is 0 Å². The summed E-state index contributed by atoms with van der Waals surface area (Å²) >= 11 is 0. The molecule has 0 saturated carbocycles.